The summed E-state index contributed by atoms with van der Waals surface area (Å²) in [6.07, 6.45) is 10.1. The van der Waals surface area contributed by atoms with Gasteiger partial charge in [-0.1, -0.05) is 48.6 Å². The van der Waals surface area contributed by atoms with E-state index in [1.165, 1.54) is 6.92 Å². The van der Waals surface area contributed by atoms with Crippen molar-refractivity contribution in [1.82, 2.24) is 0 Å². The van der Waals surface area contributed by atoms with Crippen LogP contribution in [0.3, 0.4) is 0 Å². The molecule has 7 heteroatoms. The summed E-state index contributed by atoms with van der Waals surface area (Å²) in [5, 5.41) is 18.2. The van der Waals surface area contributed by atoms with Gasteiger partial charge in [-0.2, -0.15) is 0 Å². The number of benzene rings is 3. The lowest BCUT2D eigenvalue weighted by atomic mass is 10.1. The van der Waals surface area contributed by atoms with Gasteiger partial charge in [0.05, 0.1) is 33.5 Å². The van der Waals surface area contributed by atoms with Crippen molar-refractivity contribution in [3.8, 4) is 17.2 Å². The molecule has 3 rings (SSSR count). The summed E-state index contributed by atoms with van der Waals surface area (Å²) >= 11 is 0. The molecule has 0 bridgehead atoms. The average Bonchev–Trinajstić information content (AvgIpc) is 2.99. The van der Waals surface area contributed by atoms with Gasteiger partial charge in [0, 0.05) is 6.92 Å². The maximum absolute atomic E-state index is 10.7. The first kappa shape index (κ1) is 38.7. The molecule has 0 aliphatic carbocycles. The van der Waals surface area contributed by atoms with Crippen molar-refractivity contribution in [2.45, 2.75) is 66.8 Å². The minimum Gasteiger partial charge on any atom is -0.497 e. The van der Waals surface area contributed by atoms with Gasteiger partial charge >= 0.3 is 5.97 Å². The van der Waals surface area contributed by atoms with Crippen LogP contribution in [0.1, 0.15) is 61.1 Å². The molecule has 0 aromatic heterocycles. The zero-order chi connectivity index (χ0) is 33.9. The normalized spacial score (nSPS) is 12.9. The molecule has 2 N–H and O–H groups in total. The molecule has 0 heterocycles. The van der Waals surface area contributed by atoms with Crippen LogP contribution in [0.5, 0.6) is 17.2 Å². The summed E-state index contributed by atoms with van der Waals surface area (Å²) in [6, 6.07) is 17.6. The monoisotopic (exact) mass is 618 g/mol. The number of carbonyl (C=O) groups excluding carboxylic acids is 1. The molecule has 0 amide bonds. The van der Waals surface area contributed by atoms with Crippen molar-refractivity contribution in [3.63, 3.8) is 0 Å². The highest BCUT2D eigenvalue weighted by Gasteiger charge is 2.02. The van der Waals surface area contributed by atoms with Gasteiger partial charge in [0.15, 0.2) is 0 Å². The maximum atomic E-state index is 10.7. The highest BCUT2D eigenvalue weighted by Crippen LogP contribution is 2.20. The van der Waals surface area contributed by atoms with E-state index in [4.69, 9.17) is 29.2 Å². The number of rotatable bonds is 10. The molecule has 3 aromatic rings. The highest BCUT2D eigenvalue weighted by molar-refractivity contribution is 5.66. The van der Waals surface area contributed by atoms with Crippen LogP contribution in [-0.4, -0.2) is 55.8 Å². The largest absolute Gasteiger partial charge is 0.497 e. The minimum absolute atomic E-state index is 0.214. The van der Waals surface area contributed by atoms with E-state index in [9.17, 15) is 4.79 Å². The molecule has 0 aliphatic heterocycles. The van der Waals surface area contributed by atoms with Crippen LogP contribution in [-0.2, 0) is 9.53 Å². The first-order valence-corrected chi connectivity index (χ1v) is 14.8. The maximum Gasteiger partial charge on any atom is 0.303 e. The minimum atomic E-state index is -0.406. The molecule has 3 aromatic carbocycles. The summed E-state index contributed by atoms with van der Waals surface area (Å²) in [4.78, 5) is 10.7. The number of hydrogen-bond acceptors (Lipinski definition) is 7. The topological polar surface area (TPSA) is 94.5 Å². The lowest BCUT2D eigenvalue weighted by Crippen LogP contribution is -2.08. The van der Waals surface area contributed by atoms with E-state index in [0.717, 1.165) is 50.6 Å². The van der Waals surface area contributed by atoms with Crippen molar-refractivity contribution in [1.29, 1.82) is 0 Å². The molecule has 0 radical (unpaired) electrons. The third-order valence-corrected chi connectivity index (χ3v) is 6.44. The fraction of sp³-hybridized carbons (Fsp3) is 0.342. The molecule has 1 unspecified atom stereocenters. The zero-order valence-corrected chi connectivity index (χ0v) is 28.3. The van der Waals surface area contributed by atoms with Crippen LogP contribution in [0.25, 0.3) is 18.2 Å². The molecule has 0 aliphatic rings. The fourth-order valence-corrected chi connectivity index (χ4v) is 3.91. The summed E-state index contributed by atoms with van der Waals surface area (Å²) < 4.78 is 20.3. The Morgan fingerprint density at radius 3 is 1.16 bits per heavy atom. The molecule has 3 atom stereocenters. The molecule has 0 saturated heterocycles. The van der Waals surface area contributed by atoms with Crippen molar-refractivity contribution in [3.05, 3.63) is 106 Å². The van der Waals surface area contributed by atoms with Gasteiger partial charge in [-0.3, -0.25) is 4.79 Å². The van der Waals surface area contributed by atoms with Gasteiger partial charge in [0.25, 0.3) is 0 Å². The number of methoxy groups -OCH3 is 3. The van der Waals surface area contributed by atoms with Crippen molar-refractivity contribution < 1.29 is 34.0 Å². The lowest BCUT2D eigenvalue weighted by Gasteiger charge is -2.07. The van der Waals surface area contributed by atoms with E-state index >= 15 is 0 Å². The van der Waals surface area contributed by atoms with Gasteiger partial charge in [-0.25, -0.2) is 0 Å². The summed E-state index contributed by atoms with van der Waals surface area (Å²) in [6.45, 7) is 12.7. The number of carbonyl (C=O) groups is 1. The Labute approximate surface area is 269 Å². The standard InChI is InChI=1S/C14H18O3.2C12H16O2/c1-10-9-14(16-4)8-7-13(10)6-5-11(2)17-12(3)15;2*1-9-8-12(14-3)7-6-11(9)5-4-10(2)13/h5-9,11H,1-4H3;2*4-8,10,13H,1-3H3/b6-5+;2*5-4+/t11-;10-;/m10./s1. The second-order valence-corrected chi connectivity index (χ2v) is 10.5. The Morgan fingerprint density at radius 1 is 0.600 bits per heavy atom. The van der Waals surface area contributed by atoms with Crippen LogP contribution in [0.15, 0.2) is 72.8 Å². The van der Waals surface area contributed by atoms with E-state index < -0.39 is 12.2 Å². The van der Waals surface area contributed by atoms with Crippen LogP contribution in [0.4, 0.5) is 0 Å². The van der Waals surface area contributed by atoms with E-state index in [1.54, 1.807) is 47.3 Å². The third-order valence-electron chi connectivity index (χ3n) is 6.44. The second kappa shape index (κ2) is 20.6. The first-order valence-electron chi connectivity index (χ1n) is 14.8. The number of aliphatic hydroxyl groups excluding tert-OH is 2. The molecular formula is C38H50O7. The van der Waals surface area contributed by atoms with Gasteiger partial charge in [0.2, 0.25) is 0 Å². The van der Waals surface area contributed by atoms with E-state index in [1.807, 2.05) is 107 Å². The summed E-state index contributed by atoms with van der Waals surface area (Å²) in [5.41, 5.74) is 6.70. The number of hydrogen-bond donors (Lipinski definition) is 2. The van der Waals surface area contributed by atoms with Gasteiger partial charge in [-0.05, 0) is 117 Å². The Hall–Kier alpha value is -4.33. The Balaban J connectivity index is 0.000000340. The third kappa shape index (κ3) is 15.8. The molecule has 45 heavy (non-hydrogen) atoms. The van der Waals surface area contributed by atoms with E-state index in [0.29, 0.717) is 0 Å². The van der Waals surface area contributed by atoms with E-state index in [-0.39, 0.29) is 12.1 Å². The van der Waals surface area contributed by atoms with Crippen LogP contribution in [0.2, 0.25) is 0 Å². The number of aliphatic hydroxyl groups is 2. The van der Waals surface area contributed by atoms with E-state index in [2.05, 4.69) is 0 Å². The molecule has 0 fully saturated rings. The predicted molar refractivity (Wildman–Crippen MR) is 185 cm³/mol. The number of esters is 1. The van der Waals surface area contributed by atoms with Crippen LogP contribution >= 0.6 is 0 Å². The molecule has 0 saturated carbocycles. The Bertz CT molecular complexity index is 1350. The summed E-state index contributed by atoms with van der Waals surface area (Å²) in [5.74, 6) is 2.29. The average molecular weight is 619 g/mol. The Kier molecular flexibility index (Phi) is 17.7. The smallest absolute Gasteiger partial charge is 0.303 e. The molecule has 244 valence electrons. The quantitative estimate of drug-likeness (QED) is 0.224. The van der Waals surface area contributed by atoms with Crippen molar-refractivity contribution >= 4 is 24.2 Å². The van der Waals surface area contributed by atoms with Gasteiger partial charge in [0.1, 0.15) is 23.4 Å². The molecular weight excluding hydrogens is 568 g/mol. The molecule has 7 nitrogen and oxygen atoms in total. The fourth-order valence-electron chi connectivity index (χ4n) is 3.91. The van der Waals surface area contributed by atoms with Gasteiger partial charge < -0.3 is 29.2 Å². The molecule has 0 spiro atoms. The predicted octanol–water partition coefficient (Wildman–Crippen LogP) is 7.76. The highest BCUT2D eigenvalue weighted by atomic mass is 16.5. The number of ether oxygens (including phenoxy) is 4. The van der Waals surface area contributed by atoms with Crippen molar-refractivity contribution in [2.75, 3.05) is 21.3 Å². The first-order chi connectivity index (χ1) is 21.3. The zero-order valence-electron chi connectivity index (χ0n) is 28.3. The second-order valence-electron chi connectivity index (χ2n) is 10.5. The van der Waals surface area contributed by atoms with Gasteiger partial charge in [-0.15, -0.1) is 0 Å². The SMILES string of the molecule is COc1ccc(/C=C/C(C)O)c(C)c1.COc1ccc(/C=C/[C@@H](C)OC(C)=O)c(C)c1.COc1ccc(/C=C/[C@H](C)O)c(C)c1. The van der Waals surface area contributed by atoms with Crippen LogP contribution in [0, 0.1) is 20.8 Å². The van der Waals surface area contributed by atoms with Crippen LogP contribution < -0.4 is 14.2 Å². The van der Waals surface area contributed by atoms with Crippen molar-refractivity contribution in [2.24, 2.45) is 0 Å². The number of aryl methyl sites for hydroxylation is 3. The summed E-state index contributed by atoms with van der Waals surface area (Å²) in [7, 11) is 4.95. The Morgan fingerprint density at radius 2 is 0.911 bits per heavy atom. The lowest BCUT2D eigenvalue weighted by molar-refractivity contribution is -0.143.